The zero-order valence-electron chi connectivity index (χ0n) is 10.1. The maximum atomic E-state index is 11.5. The molecule has 0 aliphatic rings. The molecule has 6 heteroatoms. The number of aliphatic hydroxyl groups is 1. The molecular weight excluding hydrogens is 236 g/mol. The normalized spacial score (nSPS) is 13.7. The second kappa shape index (κ2) is 6.11. The molecular formula is C12H16N2O4. The first-order valence-corrected chi connectivity index (χ1v) is 5.58. The first-order chi connectivity index (χ1) is 8.42. The summed E-state index contributed by atoms with van der Waals surface area (Å²) in [7, 11) is 0. The predicted molar refractivity (Wildman–Crippen MR) is 65.6 cm³/mol. The van der Waals surface area contributed by atoms with Crippen LogP contribution in [-0.2, 0) is 11.2 Å². The van der Waals surface area contributed by atoms with Crippen LogP contribution in [0.4, 0.5) is 0 Å². The molecule has 1 amide bonds. The fraction of sp³-hybridized carbons (Fsp3) is 0.417. The molecule has 1 aromatic carbocycles. The number of hydrogen-bond donors (Lipinski definition) is 2. The largest absolute Gasteiger partial charge is 0.375 e. The number of nitro groups is 1. The van der Waals surface area contributed by atoms with Gasteiger partial charge in [0.1, 0.15) is 0 Å². The molecule has 0 bridgehead atoms. The summed E-state index contributed by atoms with van der Waals surface area (Å²) in [6.07, 6.45) is 0.612. The van der Waals surface area contributed by atoms with Crippen LogP contribution >= 0.6 is 0 Å². The van der Waals surface area contributed by atoms with Crippen molar-refractivity contribution < 1.29 is 14.8 Å². The van der Waals surface area contributed by atoms with Crippen molar-refractivity contribution in [2.45, 2.75) is 18.9 Å². The van der Waals surface area contributed by atoms with Crippen molar-refractivity contribution in [2.24, 2.45) is 0 Å². The van der Waals surface area contributed by atoms with E-state index in [0.717, 1.165) is 12.5 Å². The Hall–Kier alpha value is -1.95. The van der Waals surface area contributed by atoms with Gasteiger partial charge in [-0.15, -0.1) is 0 Å². The van der Waals surface area contributed by atoms with E-state index in [4.69, 9.17) is 0 Å². The van der Waals surface area contributed by atoms with Crippen molar-refractivity contribution in [3.8, 4) is 0 Å². The Balaban J connectivity index is 2.39. The lowest BCUT2D eigenvalue weighted by atomic mass is 10.1. The van der Waals surface area contributed by atoms with Gasteiger partial charge >= 0.3 is 0 Å². The van der Waals surface area contributed by atoms with E-state index >= 15 is 0 Å². The number of hydrogen-bond acceptors (Lipinski definition) is 4. The fourth-order valence-corrected chi connectivity index (χ4v) is 1.48. The Bertz CT molecular complexity index is 417. The number of nitrogens with one attached hydrogen (secondary N) is 1. The predicted octanol–water partition coefficient (Wildman–Crippen LogP) is 0.373. The Kier molecular flexibility index (Phi) is 4.79. The van der Waals surface area contributed by atoms with Gasteiger partial charge in [-0.3, -0.25) is 14.9 Å². The molecule has 18 heavy (non-hydrogen) atoms. The molecule has 1 rings (SSSR count). The molecule has 1 aromatic rings. The summed E-state index contributed by atoms with van der Waals surface area (Å²) in [5, 5.41) is 22.4. The summed E-state index contributed by atoms with van der Waals surface area (Å²) in [6, 6.07) is 9.51. The van der Waals surface area contributed by atoms with Crippen LogP contribution in [0.15, 0.2) is 30.3 Å². The van der Waals surface area contributed by atoms with E-state index in [1.54, 1.807) is 0 Å². The molecule has 0 aromatic heterocycles. The van der Waals surface area contributed by atoms with Crippen molar-refractivity contribution in [1.82, 2.24) is 5.32 Å². The van der Waals surface area contributed by atoms with E-state index in [0.29, 0.717) is 13.0 Å². The fourth-order valence-electron chi connectivity index (χ4n) is 1.48. The van der Waals surface area contributed by atoms with E-state index < -0.39 is 23.0 Å². The third kappa shape index (κ3) is 4.50. The number of carbonyl (C=O) groups is 1. The summed E-state index contributed by atoms with van der Waals surface area (Å²) in [4.78, 5) is 21.1. The van der Waals surface area contributed by atoms with Gasteiger partial charge in [0.2, 0.25) is 12.1 Å². The Morgan fingerprint density at radius 2 is 2.06 bits per heavy atom. The zero-order valence-corrected chi connectivity index (χ0v) is 10.1. The van der Waals surface area contributed by atoms with Gasteiger partial charge in [-0.25, -0.2) is 0 Å². The van der Waals surface area contributed by atoms with Gasteiger partial charge in [-0.1, -0.05) is 30.3 Å². The van der Waals surface area contributed by atoms with Gasteiger partial charge in [0, 0.05) is 11.5 Å². The standard InChI is InChI=1S/C12H16N2O4/c1-12(16,9-14(17)18)11(15)13-8-7-10-5-3-2-4-6-10/h2-6,16H,7-9H2,1H3,(H,13,15)/t12-/m0/s1. The molecule has 0 unspecified atom stereocenters. The van der Waals surface area contributed by atoms with Gasteiger partial charge < -0.3 is 10.4 Å². The zero-order chi connectivity index (χ0) is 13.6. The Morgan fingerprint density at radius 1 is 1.44 bits per heavy atom. The molecule has 98 valence electrons. The van der Waals surface area contributed by atoms with Crippen molar-refractivity contribution >= 4 is 5.91 Å². The quantitative estimate of drug-likeness (QED) is 0.565. The van der Waals surface area contributed by atoms with Gasteiger partial charge in [0.15, 0.2) is 0 Å². The van der Waals surface area contributed by atoms with Gasteiger partial charge in [0.25, 0.3) is 5.91 Å². The van der Waals surface area contributed by atoms with Gasteiger partial charge in [-0.2, -0.15) is 0 Å². The number of nitrogens with zero attached hydrogens (tertiary/aromatic N) is 1. The van der Waals surface area contributed by atoms with Crippen LogP contribution in [-0.4, -0.2) is 34.6 Å². The SMILES string of the molecule is C[C@](O)(C[N+](=O)[O-])C(=O)NCCc1ccccc1. The highest BCUT2D eigenvalue weighted by atomic mass is 16.6. The number of rotatable bonds is 6. The average molecular weight is 252 g/mol. The number of benzene rings is 1. The van der Waals surface area contributed by atoms with E-state index in [-0.39, 0.29) is 0 Å². The molecule has 0 saturated heterocycles. The smallest absolute Gasteiger partial charge is 0.258 e. The highest BCUT2D eigenvalue weighted by molar-refractivity contribution is 5.84. The summed E-state index contributed by atoms with van der Waals surface area (Å²) in [5.74, 6) is -0.727. The van der Waals surface area contributed by atoms with Crippen LogP contribution in [0.25, 0.3) is 0 Å². The van der Waals surface area contributed by atoms with Gasteiger partial charge in [-0.05, 0) is 18.9 Å². The highest BCUT2D eigenvalue weighted by Crippen LogP contribution is 2.04. The molecule has 0 aliphatic carbocycles. The lowest BCUT2D eigenvalue weighted by molar-refractivity contribution is -0.495. The first kappa shape index (κ1) is 14.1. The molecule has 0 saturated carbocycles. The van der Waals surface area contributed by atoms with E-state index in [2.05, 4.69) is 5.32 Å². The maximum absolute atomic E-state index is 11.5. The summed E-state index contributed by atoms with van der Waals surface area (Å²) in [6.45, 7) is 0.661. The van der Waals surface area contributed by atoms with E-state index in [1.807, 2.05) is 30.3 Å². The monoisotopic (exact) mass is 252 g/mol. The molecule has 6 nitrogen and oxygen atoms in total. The maximum Gasteiger partial charge on any atom is 0.258 e. The summed E-state index contributed by atoms with van der Waals surface area (Å²) >= 11 is 0. The molecule has 0 heterocycles. The van der Waals surface area contributed by atoms with Crippen LogP contribution in [0.5, 0.6) is 0 Å². The third-order valence-electron chi connectivity index (χ3n) is 2.47. The minimum Gasteiger partial charge on any atom is -0.375 e. The summed E-state index contributed by atoms with van der Waals surface area (Å²) < 4.78 is 0. The minimum atomic E-state index is -1.97. The van der Waals surface area contributed by atoms with Gasteiger partial charge in [0.05, 0.1) is 0 Å². The molecule has 0 fully saturated rings. The van der Waals surface area contributed by atoms with Crippen LogP contribution in [0.1, 0.15) is 12.5 Å². The van der Waals surface area contributed by atoms with E-state index in [9.17, 15) is 20.0 Å². The molecule has 0 spiro atoms. The van der Waals surface area contributed by atoms with Crippen molar-refractivity contribution in [1.29, 1.82) is 0 Å². The lowest BCUT2D eigenvalue weighted by Gasteiger charge is -2.17. The van der Waals surface area contributed by atoms with Crippen LogP contribution in [0.3, 0.4) is 0 Å². The molecule has 2 N–H and O–H groups in total. The van der Waals surface area contributed by atoms with Crippen LogP contribution in [0, 0.1) is 10.1 Å². The number of carbonyl (C=O) groups excluding carboxylic acids is 1. The van der Waals surface area contributed by atoms with E-state index in [1.165, 1.54) is 0 Å². The van der Waals surface area contributed by atoms with Crippen LogP contribution in [0.2, 0.25) is 0 Å². The lowest BCUT2D eigenvalue weighted by Crippen LogP contribution is -2.49. The van der Waals surface area contributed by atoms with Crippen molar-refractivity contribution in [2.75, 3.05) is 13.1 Å². The minimum absolute atomic E-state index is 0.330. The second-order valence-corrected chi connectivity index (χ2v) is 4.26. The third-order valence-corrected chi connectivity index (χ3v) is 2.47. The molecule has 1 atom stereocenters. The highest BCUT2D eigenvalue weighted by Gasteiger charge is 2.35. The van der Waals surface area contributed by atoms with Crippen LogP contribution < -0.4 is 5.32 Å². The Morgan fingerprint density at radius 3 is 2.61 bits per heavy atom. The molecule has 0 radical (unpaired) electrons. The first-order valence-electron chi connectivity index (χ1n) is 5.58. The molecule has 0 aliphatic heterocycles. The van der Waals surface area contributed by atoms with Crippen molar-refractivity contribution in [3.05, 3.63) is 46.0 Å². The number of amides is 1. The van der Waals surface area contributed by atoms with Crippen molar-refractivity contribution in [3.63, 3.8) is 0 Å². The average Bonchev–Trinajstić information content (AvgIpc) is 2.28. The summed E-state index contributed by atoms with van der Waals surface area (Å²) in [5.41, 5.74) is -0.924. The second-order valence-electron chi connectivity index (χ2n) is 4.26. The topological polar surface area (TPSA) is 92.5 Å². The Labute approximate surface area is 105 Å².